The van der Waals surface area contributed by atoms with Crippen LogP contribution in [-0.2, 0) is 17.3 Å². The van der Waals surface area contributed by atoms with E-state index < -0.39 is 0 Å². The summed E-state index contributed by atoms with van der Waals surface area (Å²) in [4.78, 5) is 2.42. The zero-order valence-electron chi connectivity index (χ0n) is 20.5. The van der Waals surface area contributed by atoms with Crippen LogP contribution in [0.2, 0.25) is 0 Å². The first-order chi connectivity index (χ1) is 16.5. The standard InChI is InChI=1S/C33H33N/c1-24-26-15-7-8-16-28(26)32(2,23-25-13-5-4-6-14-25)27(24)18-11-20-31-33(21-12-22-33)29-17-9-10-19-30(29)34(31)3/h4-11,13-20H,12,21-23H2,1-3H3/b18-11+,31-20+. The molecule has 2 aliphatic carbocycles. The zero-order valence-corrected chi connectivity index (χ0v) is 20.5. The number of fused-ring (bicyclic) bond motifs is 3. The highest BCUT2D eigenvalue weighted by Crippen LogP contribution is 2.58. The average molecular weight is 444 g/mol. The topological polar surface area (TPSA) is 3.24 Å². The van der Waals surface area contributed by atoms with E-state index >= 15 is 0 Å². The largest absolute Gasteiger partial charge is 0.347 e. The van der Waals surface area contributed by atoms with Crippen LogP contribution in [0.5, 0.6) is 0 Å². The summed E-state index contributed by atoms with van der Waals surface area (Å²) < 4.78 is 0. The summed E-state index contributed by atoms with van der Waals surface area (Å²) in [5, 5.41) is 0. The van der Waals surface area contributed by atoms with Crippen molar-refractivity contribution in [3.8, 4) is 0 Å². The van der Waals surface area contributed by atoms with Gasteiger partial charge in [-0.1, -0.05) is 98.3 Å². The van der Waals surface area contributed by atoms with Crippen molar-refractivity contribution in [3.63, 3.8) is 0 Å². The molecule has 0 saturated heterocycles. The van der Waals surface area contributed by atoms with Crippen LogP contribution < -0.4 is 4.90 Å². The molecule has 6 rings (SSSR count). The minimum Gasteiger partial charge on any atom is -0.347 e. The number of hydrogen-bond donors (Lipinski definition) is 0. The summed E-state index contributed by atoms with van der Waals surface area (Å²) in [6, 6.07) is 28.9. The molecule has 0 amide bonds. The molecule has 1 fully saturated rings. The van der Waals surface area contributed by atoms with E-state index in [9.17, 15) is 0 Å². The van der Waals surface area contributed by atoms with Gasteiger partial charge in [-0.25, -0.2) is 0 Å². The second kappa shape index (κ2) is 7.87. The van der Waals surface area contributed by atoms with Crippen molar-refractivity contribution in [2.24, 2.45) is 0 Å². The number of para-hydroxylation sites is 1. The number of anilines is 1. The van der Waals surface area contributed by atoms with E-state index in [1.54, 1.807) is 0 Å². The predicted octanol–water partition coefficient (Wildman–Crippen LogP) is 7.99. The SMILES string of the molecule is CC1=C(/C=C/C=C2/N(C)c3ccccc3C23CCC3)C(C)(Cc2ccccc2)c2ccccc21. The van der Waals surface area contributed by atoms with E-state index in [1.165, 1.54) is 64.0 Å². The first kappa shape index (κ1) is 21.2. The van der Waals surface area contributed by atoms with Gasteiger partial charge in [0.2, 0.25) is 0 Å². The van der Waals surface area contributed by atoms with E-state index in [0.29, 0.717) is 0 Å². The molecule has 170 valence electrons. The van der Waals surface area contributed by atoms with Crippen molar-refractivity contribution in [3.05, 3.63) is 131 Å². The number of likely N-dealkylation sites (N-methyl/N-ethyl adjacent to an activating group) is 1. The summed E-state index contributed by atoms with van der Waals surface area (Å²) in [7, 11) is 2.24. The Morgan fingerprint density at radius 1 is 0.853 bits per heavy atom. The van der Waals surface area contributed by atoms with Crippen molar-refractivity contribution in [1.82, 2.24) is 0 Å². The van der Waals surface area contributed by atoms with E-state index in [-0.39, 0.29) is 10.8 Å². The fourth-order valence-electron chi connectivity index (χ4n) is 6.82. The molecule has 1 aliphatic heterocycles. The minimum absolute atomic E-state index is 0.0320. The molecule has 1 heteroatoms. The number of benzene rings is 3. The Balaban J connectivity index is 1.39. The molecular formula is C33H33N. The van der Waals surface area contributed by atoms with Gasteiger partial charge >= 0.3 is 0 Å². The van der Waals surface area contributed by atoms with Crippen LogP contribution in [0.1, 0.15) is 55.4 Å². The Morgan fingerprint density at radius 3 is 2.26 bits per heavy atom. The predicted molar refractivity (Wildman–Crippen MR) is 144 cm³/mol. The minimum atomic E-state index is -0.0320. The molecule has 3 aliphatic rings. The Hall–Kier alpha value is -3.32. The Kier molecular flexibility index (Phi) is 4.92. The van der Waals surface area contributed by atoms with Crippen LogP contribution in [0.4, 0.5) is 5.69 Å². The van der Waals surface area contributed by atoms with Crippen LogP contribution in [-0.4, -0.2) is 7.05 Å². The second-order valence-corrected chi connectivity index (χ2v) is 10.5. The van der Waals surface area contributed by atoms with Gasteiger partial charge in [0.25, 0.3) is 0 Å². The van der Waals surface area contributed by atoms with Gasteiger partial charge < -0.3 is 4.90 Å². The highest BCUT2D eigenvalue weighted by atomic mass is 15.2. The van der Waals surface area contributed by atoms with E-state index in [0.717, 1.165) is 6.42 Å². The van der Waals surface area contributed by atoms with E-state index in [1.807, 2.05) is 0 Å². The molecule has 1 spiro atoms. The molecule has 1 nitrogen and oxygen atoms in total. The Bertz CT molecular complexity index is 1340. The number of allylic oxidation sites excluding steroid dienone is 6. The van der Waals surface area contributed by atoms with Gasteiger partial charge in [0.05, 0.1) is 0 Å². The lowest BCUT2D eigenvalue weighted by Crippen LogP contribution is -2.36. The monoisotopic (exact) mass is 443 g/mol. The molecule has 3 aromatic rings. The van der Waals surface area contributed by atoms with E-state index in [2.05, 4.69) is 123 Å². The lowest BCUT2D eigenvalue weighted by atomic mass is 9.63. The lowest BCUT2D eigenvalue weighted by Gasteiger charge is -2.40. The van der Waals surface area contributed by atoms with Gasteiger partial charge in [0.1, 0.15) is 0 Å². The van der Waals surface area contributed by atoms with Gasteiger partial charge in [-0.15, -0.1) is 0 Å². The van der Waals surface area contributed by atoms with Crippen LogP contribution in [0.15, 0.2) is 108 Å². The van der Waals surface area contributed by atoms with Crippen LogP contribution in [0.3, 0.4) is 0 Å². The highest BCUT2D eigenvalue weighted by Gasteiger charge is 2.49. The number of nitrogens with zero attached hydrogens (tertiary/aromatic N) is 1. The van der Waals surface area contributed by atoms with Gasteiger partial charge in [0, 0.05) is 29.3 Å². The van der Waals surface area contributed by atoms with Crippen molar-refractivity contribution < 1.29 is 0 Å². The van der Waals surface area contributed by atoms with Crippen LogP contribution >= 0.6 is 0 Å². The van der Waals surface area contributed by atoms with E-state index in [4.69, 9.17) is 0 Å². The Morgan fingerprint density at radius 2 is 1.53 bits per heavy atom. The molecule has 1 unspecified atom stereocenters. The third kappa shape index (κ3) is 2.99. The zero-order chi connectivity index (χ0) is 23.3. The molecule has 1 heterocycles. The van der Waals surface area contributed by atoms with Crippen LogP contribution in [0.25, 0.3) is 5.57 Å². The van der Waals surface area contributed by atoms with Crippen LogP contribution in [0, 0.1) is 0 Å². The van der Waals surface area contributed by atoms with Gasteiger partial charge in [-0.3, -0.25) is 0 Å². The third-order valence-electron chi connectivity index (χ3n) is 8.68. The fourth-order valence-corrected chi connectivity index (χ4v) is 6.82. The fraction of sp³-hybridized carbons (Fsp3) is 0.273. The quantitative estimate of drug-likeness (QED) is 0.395. The molecule has 0 radical (unpaired) electrons. The summed E-state index contributed by atoms with van der Waals surface area (Å²) in [5.41, 5.74) is 11.6. The maximum Gasteiger partial charge on any atom is 0.0448 e. The van der Waals surface area contributed by atoms with Gasteiger partial charge in [0.15, 0.2) is 0 Å². The lowest BCUT2D eigenvalue weighted by molar-refractivity contribution is 0.302. The molecule has 0 bridgehead atoms. The first-order valence-corrected chi connectivity index (χ1v) is 12.6. The smallest absolute Gasteiger partial charge is 0.0448 e. The van der Waals surface area contributed by atoms with Crippen molar-refractivity contribution in [2.45, 2.75) is 50.4 Å². The summed E-state index contributed by atoms with van der Waals surface area (Å²) >= 11 is 0. The van der Waals surface area contributed by atoms with Gasteiger partial charge in [-0.2, -0.15) is 0 Å². The molecule has 34 heavy (non-hydrogen) atoms. The molecule has 0 aromatic heterocycles. The molecule has 0 N–H and O–H groups in total. The van der Waals surface area contributed by atoms with Crippen molar-refractivity contribution in [1.29, 1.82) is 0 Å². The Labute approximate surface area is 204 Å². The molecular weight excluding hydrogens is 410 g/mol. The van der Waals surface area contributed by atoms with Gasteiger partial charge in [-0.05, 0) is 71.7 Å². The molecule has 1 atom stereocenters. The molecule has 3 aromatic carbocycles. The maximum absolute atomic E-state index is 2.42. The average Bonchev–Trinajstić information content (AvgIpc) is 3.21. The van der Waals surface area contributed by atoms with Crippen molar-refractivity contribution >= 4 is 11.3 Å². The number of rotatable bonds is 4. The summed E-state index contributed by atoms with van der Waals surface area (Å²) in [6.45, 7) is 4.72. The maximum atomic E-state index is 2.42. The summed E-state index contributed by atoms with van der Waals surface area (Å²) in [5.74, 6) is 0. The second-order valence-electron chi connectivity index (χ2n) is 10.5. The number of hydrogen-bond acceptors (Lipinski definition) is 1. The highest BCUT2D eigenvalue weighted by molar-refractivity contribution is 5.81. The first-order valence-electron chi connectivity index (χ1n) is 12.6. The molecule has 1 saturated carbocycles. The van der Waals surface area contributed by atoms with Crippen molar-refractivity contribution in [2.75, 3.05) is 11.9 Å². The summed E-state index contributed by atoms with van der Waals surface area (Å²) in [6.07, 6.45) is 12.0. The third-order valence-corrected chi connectivity index (χ3v) is 8.68. The normalized spacial score (nSPS) is 23.6.